The van der Waals surface area contributed by atoms with Gasteiger partial charge in [-0.1, -0.05) is 5.21 Å². The fourth-order valence-electron chi connectivity index (χ4n) is 1.86. The Hall–Kier alpha value is -1.09. The van der Waals surface area contributed by atoms with Crippen molar-refractivity contribution in [3.63, 3.8) is 0 Å². The minimum Gasteiger partial charge on any atom is -0.477 e. The Labute approximate surface area is 134 Å². The standard InChI is InChI=1S/C10H8N4O3S.Na/c1-13-3-5(11-12-13)2-6-8(15)14-7(10(16)17)4-18-9(6)14;/h2-4,9H,1H3,(H,16,17);/b6-2-;/t9-;/m1./s1. The average molecular weight is 287 g/mol. The Kier molecular flexibility index (Phi) is 3.86. The quantitative estimate of drug-likeness (QED) is 0.455. The van der Waals surface area contributed by atoms with Crippen LogP contribution in [0.3, 0.4) is 0 Å². The topological polar surface area (TPSA) is 88.3 Å². The maximum Gasteiger partial charge on any atom is 0.353 e. The molecule has 1 amide bonds. The predicted molar refractivity (Wildman–Crippen MR) is 68.7 cm³/mol. The van der Waals surface area contributed by atoms with Crippen molar-refractivity contribution in [1.29, 1.82) is 0 Å². The van der Waals surface area contributed by atoms with Crippen molar-refractivity contribution in [1.82, 2.24) is 19.9 Å². The number of carboxylic acids is 1. The van der Waals surface area contributed by atoms with Crippen LogP contribution in [0.25, 0.3) is 6.08 Å². The monoisotopic (exact) mass is 287 g/mol. The van der Waals surface area contributed by atoms with Crippen LogP contribution in [0.15, 0.2) is 22.9 Å². The van der Waals surface area contributed by atoms with E-state index in [4.69, 9.17) is 5.11 Å². The molecule has 1 N–H and O–H groups in total. The predicted octanol–water partition coefficient (Wildman–Crippen LogP) is -0.341. The second kappa shape index (κ2) is 5.12. The number of nitrogens with zero attached hydrogens (tertiary/aromatic N) is 4. The Bertz CT molecular complexity index is 624. The summed E-state index contributed by atoms with van der Waals surface area (Å²) in [7, 11) is 1.73. The Morgan fingerprint density at radius 2 is 2.32 bits per heavy atom. The van der Waals surface area contributed by atoms with E-state index in [-0.39, 0.29) is 46.5 Å². The van der Waals surface area contributed by atoms with E-state index >= 15 is 0 Å². The zero-order valence-corrected chi connectivity index (χ0v) is 13.1. The molecule has 0 unspecified atom stereocenters. The summed E-state index contributed by atoms with van der Waals surface area (Å²) in [6.07, 6.45) is 3.33. The molecular formula is C10H8N4NaO3S. The number of hydrogen-bond donors (Lipinski definition) is 1. The van der Waals surface area contributed by atoms with Crippen molar-refractivity contribution < 1.29 is 14.7 Å². The van der Waals surface area contributed by atoms with E-state index in [1.165, 1.54) is 26.8 Å². The number of thioether (sulfide) groups is 1. The van der Waals surface area contributed by atoms with Gasteiger partial charge in [0.1, 0.15) is 16.8 Å². The fourth-order valence-corrected chi connectivity index (χ4v) is 2.98. The summed E-state index contributed by atoms with van der Waals surface area (Å²) in [5, 5.41) is 17.8. The van der Waals surface area contributed by atoms with Gasteiger partial charge in [-0.05, 0) is 6.08 Å². The normalized spacial score (nSPS) is 22.7. The van der Waals surface area contributed by atoms with Crippen molar-refractivity contribution in [3.8, 4) is 0 Å². The molecular weight excluding hydrogens is 279 g/mol. The van der Waals surface area contributed by atoms with Crippen LogP contribution in [0.2, 0.25) is 0 Å². The molecule has 3 rings (SSSR count). The number of aryl methyl sites for hydroxylation is 1. The largest absolute Gasteiger partial charge is 0.477 e. The third-order valence-corrected chi connectivity index (χ3v) is 3.76. The second-order valence-electron chi connectivity index (χ2n) is 3.89. The molecule has 93 valence electrons. The van der Waals surface area contributed by atoms with E-state index in [9.17, 15) is 9.59 Å². The van der Waals surface area contributed by atoms with Crippen LogP contribution in [0.4, 0.5) is 0 Å². The zero-order valence-electron chi connectivity index (χ0n) is 10.3. The molecule has 7 nitrogen and oxygen atoms in total. The van der Waals surface area contributed by atoms with Gasteiger partial charge in [-0.2, -0.15) is 0 Å². The molecule has 1 saturated heterocycles. The smallest absolute Gasteiger partial charge is 0.353 e. The third-order valence-electron chi connectivity index (χ3n) is 2.68. The molecule has 0 bridgehead atoms. The van der Waals surface area contributed by atoms with E-state index in [2.05, 4.69) is 10.3 Å². The average Bonchev–Trinajstić information content (AvgIpc) is 2.89. The van der Waals surface area contributed by atoms with Gasteiger partial charge in [-0.25, -0.2) is 4.79 Å². The molecule has 19 heavy (non-hydrogen) atoms. The molecule has 0 aromatic carbocycles. The molecule has 1 aromatic rings. The van der Waals surface area contributed by atoms with Crippen molar-refractivity contribution in [2.45, 2.75) is 5.37 Å². The number of carboxylic acid groups (broad SMARTS) is 1. The molecule has 0 aliphatic carbocycles. The van der Waals surface area contributed by atoms with Gasteiger partial charge in [0.15, 0.2) is 0 Å². The summed E-state index contributed by atoms with van der Waals surface area (Å²) in [4.78, 5) is 24.0. The van der Waals surface area contributed by atoms with Crippen LogP contribution in [-0.2, 0) is 16.6 Å². The van der Waals surface area contributed by atoms with E-state index in [1.54, 1.807) is 19.3 Å². The minimum atomic E-state index is -1.09. The van der Waals surface area contributed by atoms with Crippen molar-refractivity contribution in [2.24, 2.45) is 7.05 Å². The van der Waals surface area contributed by atoms with Gasteiger partial charge in [0, 0.05) is 42.0 Å². The molecule has 1 atom stereocenters. The number of carbonyl (C=O) groups excluding carboxylic acids is 1. The second-order valence-corrected chi connectivity index (χ2v) is 4.84. The van der Waals surface area contributed by atoms with Crippen LogP contribution in [0, 0.1) is 0 Å². The Morgan fingerprint density at radius 1 is 1.58 bits per heavy atom. The number of β-lactam (4-membered cyclic amide) rings is 1. The number of aliphatic carboxylic acids is 1. The van der Waals surface area contributed by atoms with Gasteiger partial charge < -0.3 is 5.11 Å². The number of rotatable bonds is 2. The summed E-state index contributed by atoms with van der Waals surface area (Å²) < 4.78 is 1.54. The van der Waals surface area contributed by atoms with Gasteiger partial charge >= 0.3 is 5.97 Å². The first kappa shape index (κ1) is 14.3. The maximum atomic E-state index is 11.9. The van der Waals surface area contributed by atoms with Gasteiger partial charge in [0.2, 0.25) is 0 Å². The Morgan fingerprint density at radius 3 is 2.89 bits per heavy atom. The van der Waals surface area contributed by atoms with Crippen LogP contribution >= 0.6 is 11.8 Å². The molecule has 2 aliphatic rings. The first-order valence-electron chi connectivity index (χ1n) is 5.08. The van der Waals surface area contributed by atoms with Crippen LogP contribution < -0.4 is 0 Å². The summed E-state index contributed by atoms with van der Waals surface area (Å²) in [6.45, 7) is 0. The molecule has 9 heteroatoms. The van der Waals surface area contributed by atoms with Gasteiger partial charge in [0.05, 0.1) is 11.8 Å². The van der Waals surface area contributed by atoms with Gasteiger partial charge in [-0.15, -0.1) is 16.9 Å². The molecule has 1 aromatic heterocycles. The summed E-state index contributed by atoms with van der Waals surface area (Å²) >= 11 is 1.31. The van der Waals surface area contributed by atoms with Crippen molar-refractivity contribution in [3.05, 3.63) is 28.6 Å². The van der Waals surface area contributed by atoms with Crippen LogP contribution in [-0.4, -0.2) is 71.8 Å². The zero-order chi connectivity index (χ0) is 12.9. The minimum absolute atomic E-state index is 0. The van der Waals surface area contributed by atoms with Gasteiger partial charge in [-0.3, -0.25) is 14.4 Å². The van der Waals surface area contributed by atoms with Crippen LogP contribution in [0.5, 0.6) is 0 Å². The first-order chi connectivity index (χ1) is 8.58. The fraction of sp³-hybridized carbons (Fsp3) is 0.200. The van der Waals surface area contributed by atoms with E-state index in [1.807, 2.05) is 0 Å². The molecule has 1 radical (unpaired) electrons. The van der Waals surface area contributed by atoms with Gasteiger partial charge in [0.25, 0.3) is 5.91 Å². The summed E-state index contributed by atoms with van der Waals surface area (Å²) in [6, 6.07) is 0. The van der Waals surface area contributed by atoms with Crippen molar-refractivity contribution >= 4 is 59.3 Å². The van der Waals surface area contributed by atoms with Crippen molar-refractivity contribution in [2.75, 3.05) is 0 Å². The molecule has 0 spiro atoms. The number of amides is 1. The Balaban J connectivity index is 0.00000133. The first-order valence-corrected chi connectivity index (χ1v) is 6.02. The number of carbonyl (C=O) groups is 2. The SMILES string of the molecule is Cn1cc(/C=C2/C(=O)N3C(C(=O)O)=CS[C@H]23)nn1.[Na]. The van der Waals surface area contributed by atoms with Crippen LogP contribution in [0.1, 0.15) is 5.69 Å². The van der Waals surface area contributed by atoms with E-state index in [0.29, 0.717) is 11.3 Å². The van der Waals surface area contributed by atoms with E-state index < -0.39 is 5.97 Å². The molecule has 3 heterocycles. The third kappa shape index (κ3) is 2.25. The number of aromatic nitrogens is 3. The maximum absolute atomic E-state index is 11.9. The molecule has 0 saturated carbocycles. The molecule has 1 fully saturated rings. The molecule has 2 aliphatic heterocycles. The number of fused-ring (bicyclic) bond motifs is 1. The summed E-state index contributed by atoms with van der Waals surface area (Å²) in [5.74, 6) is -1.37. The summed E-state index contributed by atoms with van der Waals surface area (Å²) in [5.41, 5.74) is 1.17. The van der Waals surface area contributed by atoms with E-state index in [0.717, 1.165) is 0 Å². The number of hydrogen-bond acceptors (Lipinski definition) is 5.